The van der Waals surface area contributed by atoms with Crippen LogP contribution >= 0.6 is 11.3 Å². The fourth-order valence-electron chi connectivity index (χ4n) is 2.49. The van der Waals surface area contributed by atoms with E-state index in [0.717, 1.165) is 4.88 Å². The van der Waals surface area contributed by atoms with Gasteiger partial charge in [0.25, 0.3) is 5.91 Å². The second-order valence-corrected chi connectivity index (χ2v) is 8.82. The number of carbonyl (C=O) groups is 2. The molecule has 1 heterocycles. The molecule has 0 unspecified atom stereocenters. The van der Waals surface area contributed by atoms with Crippen molar-refractivity contribution in [3.8, 4) is 0 Å². The fraction of sp³-hybridized carbons (Fsp3) is 0.100. The van der Waals surface area contributed by atoms with Crippen LogP contribution in [-0.2, 0) is 16.6 Å². The number of anilines is 1. The zero-order chi connectivity index (χ0) is 20.1. The predicted octanol–water partition coefficient (Wildman–Crippen LogP) is 3.68. The van der Waals surface area contributed by atoms with Crippen molar-refractivity contribution in [2.24, 2.45) is 0 Å². The first-order valence-electron chi connectivity index (χ1n) is 8.39. The molecule has 0 fully saturated rings. The van der Waals surface area contributed by atoms with Gasteiger partial charge in [0.2, 0.25) is 10.0 Å². The number of thiophene rings is 1. The summed E-state index contributed by atoms with van der Waals surface area (Å²) < 4.78 is 27.5. The lowest BCUT2D eigenvalue weighted by atomic mass is 10.1. The number of sulfonamides is 1. The van der Waals surface area contributed by atoms with Gasteiger partial charge >= 0.3 is 0 Å². The van der Waals surface area contributed by atoms with Crippen molar-refractivity contribution < 1.29 is 18.0 Å². The minimum absolute atomic E-state index is 0.00851. The molecular weight excluding hydrogens is 396 g/mol. The lowest BCUT2D eigenvalue weighted by molar-refractivity contribution is 0.101. The molecule has 28 heavy (non-hydrogen) atoms. The monoisotopic (exact) mass is 414 g/mol. The van der Waals surface area contributed by atoms with E-state index in [-0.39, 0.29) is 22.8 Å². The second-order valence-electron chi connectivity index (χ2n) is 6.02. The molecule has 8 heteroatoms. The van der Waals surface area contributed by atoms with Crippen LogP contribution in [-0.4, -0.2) is 20.1 Å². The Morgan fingerprint density at radius 1 is 0.964 bits per heavy atom. The maximum Gasteiger partial charge on any atom is 0.255 e. The highest BCUT2D eigenvalue weighted by molar-refractivity contribution is 7.89. The standard InChI is InChI=1S/C20H18N2O4S2/c1-14(23)15-5-2-7-17(11-15)22-20(24)16-6-3-9-19(12-16)28(25,26)21-13-18-8-4-10-27-18/h2-12,21H,13H2,1H3,(H,22,24). The number of nitrogens with one attached hydrogen (secondary N) is 2. The summed E-state index contributed by atoms with van der Waals surface area (Å²) in [5, 5.41) is 4.55. The minimum Gasteiger partial charge on any atom is -0.322 e. The molecule has 0 spiro atoms. The van der Waals surface area contributed by atoms with Gasteiger partial charge in [-0.2, -0.15) is 0 Å². The molecule has 0 aliphatic carbocycles. The molecule has 2 N–H and O–H groups in total. The van der Waals surface area contributed by atoms with Crippen molar-refractivity contribution in [1.82, 2.24) is 4.72 Å². The van der Waals surface area contributed by atoms with Crippen molar-refractivity contribution >= 4 is 38.7 Å². The zero-order valence-electron chi connectivity index (χ0n) is 15.0. The lowest BCUT2D eigenvalue weighted by Gasteiger charge is -2.09. The molecule has 2 aromatic carbocycles. The van der Waals surface area contributed by atoms with Gasteiger partial charge < -0.3 is 5.32 Å². The molecule has 0 aliphatic rings. The molecule has 0 aliphatic heterocycles. The van der Waals surface area contributed by atoms with Gasteiger partial charge in [0.05, 0.1) is 4.90 Å². The van der Waals surface area contributed by atoms with Crippen molar-refractivity contribution in [2.45, 2.75) is 18.4 Å². The van der Waals surface area contributed by atoms with Crippen LogP contribution in [0, 0.1) is 0 Å². The van der Waals surface area contributed by atoms with E-state index in [4.69, 9.17) is 0 Å². The van der Waals surface area contributed by atoms with Gasteiger partial charge in [0, 0.05) is 28.2 Å². The van der Waals surface area contributed by atoms with E-state index in [1.807, 2.05) is 17.5 Å². The largest absolute Gasteiger partial charge is 0.322 e. The third-order valence-electron chi connectivity index (χ3n) is 3.95. The van der Waals surface area contributed by atoms with Crippen LogP contribution < -0.4 is 10.0 Å². The number of hydrogen-bond donors (Lipinski definition) is 2. The molecule has 3 rings (SSSR count). The summed E-state index contributed by atoms with van der Waals surface area (Å²) in [5.74, 6) is -0.572. The molecule has 1 aromatic heterocycles. The van der Waals surface area contributed by atoms with Crippen molar-refractivity contribution in [1.29, 1.82) is 0 Å². The third kappa shape index (κ3) is 4.92. The first-order valence-corrected chi connectivity index (χ1v) is 10.8. The summed E-state index contributed by atoms with van der Waals surface area (Å²) in [7, 11) is -3.75. The maximum atomic E-state index is 12.5. The Bertz CT molecular complexity index is 1110. The van der Waals surface area contributed by atoms with Gasteiger partial charge in [-0.25, -0.2) is 13.1 Å². The number of amides is 1. The number of carbonyl (C=O) groups excluding carboxylic acids is 2. The molecular formula is C20H18N2O4S2. The number of ketones is 1. The SMILES string of the molecule is CC(=O)c1cccc(NC(=O)c2cccc(S(=O)(=O)NCc3cccs3)c2)c1. The minimum atomic E-state index is -3.75. The van der Waals surface area contributed by atoms with Crippen LogP contribution in [0.3, 0.4) is 0 Å². The third-order valence-corrected chi connectivity index (χ3v) is 6.23. The Morgan fingerprint density at radius 2 is 1.71 bits per heavy atom. The van der Waals surface area contributed by atoms with Gasteiger partial charge in [0.15, 0.2) is 5.78 Å². The van der Waals surface area contributed by atoms with Crippen LogP contribution in [0.1, 0.15) is 32.5 Å². The molecule has 0 radical (unpaired) electrons. The first kappa shape index (κ1) is 19.9. The summed E-state index contributed by atoms with van der Waals surface area (Å²) >= 11 is 1.46. The van der Waals surface area contributed by atoms with E-state index >= 15 is 0 Å². The van der Waals surface area contributed by atoms with E-state index in [1.54, 1.807) is 24.3 Å². The molecule has 144 valence electrons. The number of rotatable bonds is 7. The Kier molecular flexibility index (Phi) is 6.03. The van der Waals surface area contributed by atoms with Gasteiger partial charge in [-0.05, 0) is 48.7 Å². The first-order chi connectivity index (χ1) is 13.3. The van der Waals surface area contributed by atoms with Crippen LogP contribution in [0.2, 0.25) is 0 Å². The molecule has 0 bridgehead atoms. The molecule has 6 nitrogen and oxygen atoms in total. The lowest BCUT2D eigenvalue weighted by Crippen LogP contribution is -2.23. The number of benzene rings is 2. The number of Topliss-reactive ketones (excluding diaryl/α,β-unsaturated/α-hetero) is 1. The van der Waals surface area contributed by atoms with Gasteiger partial charge in [0.1, 0.15) is 0 Å². The van der Waals surface area contributed by atoms with Crippen LogP contribution in [0.15, 0.2) is 70.9 Å². The van der Waals surface area contributed by atoms with E-state index in [0.29, 0.717) is 11.3 Å². The highest BCUT2D eigenvalue weighted by Gasteiger charge is 2.16. The highest BCUT2D eigenvalue weighted by Crippen LogP contribution is 2.16. The highest BCUT2D eigenvalue weighted by atomic mass is 32.2. The zero-order valence-corrected chi connectivity index (χ0v) is 16.6. The van der Waals surface area contributed by atoms with Crippen molar-refractivity contribution in [3.05, 3.63) is 82.0 Å². The average molecular weight is 415 g/mol. The van der Waals surface area contributed by atoms with E-state index in [1.165, 1.54) is 42.5 Å². The van der Waals surface area contributed by atoms with Gasteiger partial charge in [-0.3, -0.25) is 9.59 Å². The van der Waals surface area contributed by atoms with Gasteiger partial charge in [-0.15, -0.1) is 11.3 Å². The van der Waals surface area contributed by atoms with Gasteiger partial charge in [-0.1, -0.05) is 24.3 Å². The summed E-state index contributed by atoms with van der Waals surface area (Å²) in [6.07, 6.45) is 0. The van der Waals surface area contributed by atoms with E-state index in [9.17, 15) is 18.0 Å². The Balaban J connectivity index is 1.75. The molecule has 0 saturated carbocycles. The quantitative estimate of drug-likeness (QED) is 0.577. The molecule has 1 amide bonds. The summed E-state index contributed by atoms with van der Waals surface area (Å²) in [5.41, 5.74) is 1.14. The Hall–Kier alpha value is -2.81. The topological polar surface area (TPSA) is 92.3 Å². The molecule has 0 saturated heterocycles. The normalized spacial score (nSPS) is 11.2. The smallest absolute Gasteiger partial charge is 0.255 e. The number of hydrogen-bond acceptors (Lipinski definition) is 5. The molecule has 3 aromatic rings. The van der Waals surface area contributed by atoms with Crippen molar-refractivity contribution in [2.75, 3.05) is 5.32 Å². The average Bonchev–Trinajstić information content (AvgIpc) is 3.20. The fourth-order valence-corrected chi connectivity index (χ4v) is 4.27. The maximum absolute atomic E-state index is 12.5. The Morgan fingerprint density at radius 3 is 2.43 bits per heavy atom. The summed E-state index contributed by atoms with van der Waals surface area (Å²) in [6, 6.07) is 16.0. The molecule has 0 atom stereocenters. The predicted molar refractivity (Wildman–Crippen MR) is 109 cm³/mol. The summed E-state index contributed by atoms with van der Waals surface area (Å²) in [4.78, 5) is 24.9. The van der Waals surface area contributed by atoms with Crippen LogP contribution in [0.25, 0.3) is 0 Å². The van der Waals surface area contributed by atoms with Crippen LogP contribution in [0.5, 0.6) is 0 Å². The van der Waals surface area contributed by atoms with Crippen LogP contribution in [0.4, 0.5) is 5.69 Å². The summed E-state index contributed by atoms with van der Waals surface area (Å²) in [6.45, 7) is 1.63. The van der Waals surface area contributed by atoms with Crippen molar-refractivity contribution in [3.63, 3.8) is 0 Å². The van der Waals surface area contributed by atoms with E-state index < -0.39 is 15.9 Å². The second kappa shape index (κ2) is 8.47. The van der Waals surface area contributed by atoms with E-state index in [2.05, 4.69) is 10.0 Å². The Labute approximate surface area is 167 Å².